The number of nitrogens with zero attached hydrogens (tertiary/aromatic N) is 2. The van der Waals surface area contributed by atoms with Crippen molar-refractivity contribution in [3.8, 4) is 11.5 Å². The standard InChI is InChI=1S/C24H35N3O4/c1-7-24(22(28)27(14-16(2)3)23(29)25-24)19-10-12-26(13-11-19)15-18-8-9-20(30-5)17(4)21(18)31-6/h8-9,19H,2,7,10-15H2,1,3-6H3,(H,25,29). The van der Waals surface area contributed by atoms with Crippen LogP contribution in [0.1, 0.15) is 44.2 Å². The van der Waals surface area contributed by atoms with Crippen LogP contribution in [0.5, 0.6) is 11.5 Å². The Morgan fingerprint density at radius 2 is 1.90 bits per heavy atom. The molecule has 3 rings (SSSR count). The van der Waals surface area contributed by atoms with Gasteiger partial charge in [0.05, 0.1) is 20.8 Å². The number of ether oxygens (including phenoxy) is 2. The molecule has 0 aliphatic carbocycles. The van der Waals surface area contributed by atoms with Gasteiger partial charge in [0.1, 0.15) is 17.0 Å². The minimum absolute atomic E-state index is 0.103. The van der Waals surface area contributed by atoms with E-state index in [2.05, 4.69) is 22.9 Å². The summed E-state index contributed by atoms with van der Waals surface area (Å²) in [4.78, 5) is 29.4. The van der Waals surface area contributed by atoms with Gasteiger partial charge in [-0.3, -0.25) is 14.6 Å². The van der Waals surface area contributed by atoms with Crippen molar-refractivity contribution < 1.29 is 19.1 Å². The van der Waals surface area contributed by atoms with E-state index >= 15 is 0 Å². The van der Waals surface area contributed by atoms with Crippen LogP contribution in [0.2, 0.25) is 0 Å². The van der Waals surface area contributed by atoms with Gasteiger partial charge in [-0.2, -0.15) is 0 Å². The van der Waals surface area contributed by atoms with Gasteiger partial charge in [-0.15, -0.1) is 0 Å². The Balaban J connectivity index is 1.69. The maximum Gasteiger partial charge on any atom is 0.325 e. The molecule has 0 bridgehead atoms. The van der Waals surface area contributed by atoms with E-state index in [1.807, 2.05) is 26.8 Å². The van der Waals surface area contributed by atoms with E-state index in [0.717, 1.165) is 60.7 Å². The van der Waals surface area contributed by atoms with Gasteiger partial charge >= 0.3 is 6.03 Å². The molecule has 2 saturated heterocycles. The molecule has 2 heterocycles. The second-order valence-corrected chi connectivity index (χ2v) is 8.74. The van der Waals surface area contributed by atoms with E-state index in [9.17, 15) is 9.59 Å². The van der Waals surface area contributed by atoms with E-state index < -0.39 is 5.54 Å². The molecular weight excluding hydrogens is 394 g/mol. The van der Waals surface area contributed by atoms with E-state index in [4.69, 9.17) is 9.47 Å². The second-order valence-electron chi connectivity index (χ2n) is 8.74. The number of carbonyl (C=O) groups is 2. The minimum Gasteiger partial charge on any atom is -0.496 e. The number of methoxy groups -OCH3 is 2. The summed E-state index contributed by atoms with van der Waals surface area (Å²) in [6.07, 6.45) is 2.32. The van der Waals surface area contributed by atoms with Crippen LogP contribution in [-0.4, -0.2) is 61.1 Å². The van der Waals surface area contributed by atoms with Crippen LogP contribution in [0.4, 0.5) is 4.79 Å². The van der Waals surface area contributed by atoms with E-state index in [1.165, 1.54) is 4.90 Å². The second kappa shape index (κ2) is 9.30. The Hall–Kier alpha value is -2.54. The summed E-state index contributed by atoms with van der Waals surface area (Å²) in [6.45, 7) is 12.5. The molecule has 3 amide bonds. The fourth-order valence-electron chi connectivity index (χ4n) is 5.05. The third kappa shape index (κ3) is 4.28. The summed E-state index contributed by atoms with van der Waals surface area (Å²) >= 11 is 0. The number of hydrogen-bond donors (Lipinski definition) is 1. The number of carbonyl (C=O) groups excluding carboxylic acids is 2. The Kier molecular flexibility index (Phi) is 6.94. The molecule has 2 aliphatic heterocycles. The number of nitrogens with one attached hydrogen (secondary N) is 1. The van der Waals surface area contributed by atoms with Gasteiger partial charge in [0, 0.05) is 17.7 Å². The molecule has 2 fully saturated rings. The smallest absolute Gasteiger partial charge is 0.325 e. The molecule has 0 spiro atoms. The lowest BCUT2D eigenvalue weighted by atomic mass is 9.75. The highest BCUT2D eigenvalue weighted by Crippen LogP contribution is 2.38. The van der Waals surface area contributed by atoms with Crippen molar-refractivity contribution in [1.82, 2.24) is 15.1 Å². The number of benzene rings is 1. The zero-order valence-electron chi connectivity index (χ0n) is 19.4. The number of rotatable bonds is 8. The number of likely N-dealkylation sites (tertiary alicyclic amines) is 1. The molecule has 2 aliphatic rings. The van der Waals surface area contributed by atoms with Crippen molar-refractivity contribution in [2.75, 3.05) is 33.9 Å². The summed E-state index contributed by atoms with van der Waals surface area (Å²) < 4.78 is 11.1. The Morgan fingerprint density at radius 3 is 2.45 bits per heavy atom. The van der Waals surface area contributed by atoms with Gasteiger partial charge in [0.2, 0.25) is 0 Å². The molecule has 7 nitrogen and oxygen atoms in total. The molecule has 1 aromatic rings. The molecule has 1 unspecified atom stereocenters. The van der Waals surface area contributed by atoms with Crippen molar-refractivity contribution in [2.24, 2.45) is 5.92 Å². The first-order valence-electron chi connectivity index (χ1n) is 11.0. The van der Waals surface area contributed by atoms with Crippen LogP contribution < -0.4 is 14.8 Å². The predicted octanol–water partition coefficient (Wildman–Crippen LogP) is 3.50. The third-order valence-electron chi connectivity index (χ3n) is 6.73. The zero-order valence-corrected chi connectivity index (χ0v) is 19.4. The molecule has 7 heteroatoms. The Morgan fingerprint density at radius 1 is 1.23 bits per heavy atom. The molecule has 0 radical (unpaired) electrons. The lowest BCUT2D eigenvalue weighted by Gasteiger charge is -2.40. The highest BCUT2D eigenvalue weighted by atomic mass is 16.5. The zero-order chi connectivity index (χ0) is 22.8. The van der Waals surface area contributed by atoms with Crippen molar-refractivity contribution in [3.63, 3.8) is 0 Å². The van der Waals surface area contributed by atoms with Gasteiger partial charge < -0.3 is 14.8 Å². The average molecular weight is 430 g/mol. The molecule has 0 saturated carbocycles. The van der Waals surface area contributed by atoms with Gasteiger partial charge in [-0.05, 0) is 58.2 Å². The van der Waals surface area contributed by atoms with E-state index in [-0.39, 0.29) is 24.4 Å². The normalized spacial score (nSPS) is 22.5. The number of imide groups is 1. The lowest BCUT2D eigenvalue weighted by molar-refractivity contribution is -0.134. The van der Waals surface area contributed by atoms with Gasteiger partial charge in [0.25, 0.3) is 5.91 Å². The highest BCUT2D eigenvalue weighted by molar-refractivity contribution is 6.07. The molecular formula is C24H35N3O4. The predicted molar refractivity (Wildman–Crippen MR) is 120 cm³/mol. The van der Waals surface area contributed by atoms with Gasteiger partial charge in [-0.25, -0.2) is 4.79 Å². The summed E-state index contributed by atoms with van der Waals surface area (Å²) in [6, 6.07) is 3.74. The van der Waals surface area contributed by atoms with Crippen LogP contribution in [0, 0.1) is 12.8 Å². The fraction of sp³-hybridized carbons (Fsp3) is 0.583. The molecule has 0 aromatic heterocycles. The Bertz CT molecular complexity index is 861. The number of urea groups is 1. The third-order valence-corrected chi connectivity index (χ3v) is 6.73. The molecule has 31 heavy (non-hydrogen) atoms. The quantitative estimate of drug-likeness (QED) is 0.506. The molecule has 170 valence electrons. The molecule has 1 aromatic carbocycles. The minimum atomic E-state index is -0.799. The number of hydrogen-bond acceptors (Lipinski definition) is 5. The Labute approximate surface area is 185 Å². The first kappa shape index (κ1) is 23.1. The monoisotopic (exact) mass is 429 g/mol. The van der Waals surface area contributed by atoms with Gasteiger partial charge in [0.15, 0.2) is 0 Å². The molecule has 1 N–H and O–H groups in total. The van der Waals surface area contributed by atoms with Gasteiger partial charge in [-0.1, -0.05) is 25.1 Å². The largest absolute Gasteiger partial charge is 0.496 e. The topological polar surface area (TPSA) is 71.1 Å². The highest BCUT2D eigenvalue weighted by Gasteiger charge is 2.54. The van der Waals surface area contributed by atoms with E-state index in [0.29, 0.717) is 6.42 Å². The first-order chi connectivity index (χ1) is 14.8. The van der Waals surface area contributed by atoms with Crippen molar-refractivity contribution in [3.05, 3.63) is 35.4 Å². The average Bonchev–Trinajstić information content (AvgIpc) is 2.99. The summed E-state index contributed by atoms with van der Waals surface area (Å²) in [5.41, 5.74) is 2.13. The first-order valence-corrected chi connectivity index (χ1v) is 11.0. The van der Waals surface area contributed by atoms with E-state index in [1.54, 1.807) is 14.2 Å². The van der Waals surface area contributed by atoms with Crippen LogP contribution in [0.3, 0.4) is 0 Å². The number of amides is 3. The van der Waals surface area contributed by atoms with Crippen LogP contribution in [-0.2, 0) is 11.3 Å². The van der Waals surface area contributed by atoms with Crippen LogP contribution in [0.15, 0.2) is 24.3 Å². The summed E-state index contributed by atoms with van der Waals surface area (Å²) in [5.74, 6) is 1.70. The summed E-state index contributed by atoms with van der Waals surface area (Å²) in [5, 5.41) is 3.04. The van der Waals surface area contributed by atoms with Crippen molar-refractivity contribution in [1.29, 1.82) is 0 Å². The maximum absolute atomic E-state index is 13.2. The summed E-state index contributed by atoms with van der Waals surface area (Å²) in [7, 11) is 3.35. The SMILES string of the molecule is C=C(C)CN1C(=O)NC(CC)(C2CCN(Cc3ccc(OC)c(C)c3OC)CC2)C1=O. The van der Waals surface area contributed by atoms with Crippen LogP contribution >= 0.6 is 0 Å². The number of piperidine rings is 1. The molecule has 1 atom stereocenters. The fourth-order valence-corrected chi connectivity index (χ4v) is 5.05. The lowest BCUT2D eigenvalue weighted by Crippen LogP contribution is -2.55. The van der Waals surface area contributed by atoms with Crippen molar-refractivity contribution in [2.45, 2.75) is 52.1 Å². The van der Waals surface area contributed by atoms with Crippen LogP contribution in [0.25, 0.3) is 0 Å². The van der Waals surface area contributed by atoms with Crippen molar-refractivity contribution >= 4 is 11.9 Å². The maximum atomic E-state index is 13.2.